The average molecular weight is 537 g/mol. The number of phenolic OH excluding ortho intramolecular Hbond substituents is 2. The third kappa shape index (κ3) is 12.3. The van der Waals surface area contributed by atoms with E-state index in [9.17, 15) is 15.3 Å². The number of aliphatic hydroxyl groups is 2. The van der Waals surface area contributed by atoms with Crippen LogP contribution in [0.1, 0.15) is 70.2 Å². The van der Waals surface area contributed by atoms with Crippen molar-refractivity contribution in [2.75, 3.05) is 17.3 Å². The zero-order valence-corrected chi connectivity index (χ0v) is 24.7. The first-order chi connectivity index (χ1) is 17.1. The fraction of sp³-hybridized carbons (Fsp3) is 0.600. The second-order valence-electron chi connectivity index (χ2n) is 9.75. The molecule has 0 fully saturated rings. The molecule has 204 valence electrons. The van der Waals surface area contributed by atoms with Crippen molar-refractivity contribution >= 4 is 23.5 Å². The SMILES string of the molecule is CCc1cccc(CC(SCC(C)O)C(C)C)c1O.CCc1cccc(CCCSCC(C)O)c1O. The molecule has 0 saturated heterocycles. The van der Waals surface area contributed by atoms with Gasteiger partial charge in [0.1, 0.15) is 11.5 Å². The molecule has 2 aromatic carbocycles. The van der Waals surface area contributed by atoms with E-state index in [-0.39, 0.29) is 12.2 Å². The maximum Gasteiger partial charge on any atom is 0.121 e. The minimum Gasteiger partial charge on any atom is -0.507 e. The Labute approximate surface area is 227 Å². The normalized spacial score (nSPS) is 13.7. The standard InChI is InChI=1S/C16H26O2S.C14H22O2S/c1-5-13-7-6-8-14(16(13)18)9-15(11(2)3)19-10-12(4)17;1-3-12-6-4-7-13(14(12)16)8-5-9-17-10-11(2)15/h6-8,11-12,15,17-18H,5,9-10H2,1-4H3;4,6-7,11,15-16H,3,5,8-10H2,1-2H3. The van der Waals surface area contributed by atoms with Crippen molar-refractivity contribution in [3.8, 4) is 11.5 Å². The van der Waals surface area contributed by atoms with Gasteiger partial charge in [-0.25, -0.2) is 0 Å². The number of aliphatic hydroxyl groups excluding tert-OH is 2. The van der Waals surface area contributed by atoms with Crippen molar-refractivity contribution < 1.29 is 20.4 Å². The maximum atomic E-state index is 10.2. The fourth-order valence-corrected chi connectivity index (χ4v) is 5.88. The Kier molecular flexibility index (Phi) is 16.3. The number of thioether (sulfide) groups is 2. The molecular formula is C30H48O4S2. The monoisotopic (exact) mass is 536 g/mol. The van der Waals surface area contributed by atoms with Gasteiger partial charge in [0.25, 0.3) is 0 Å². The van der Waals surface area contributed by atoms with Crippen LogP contribution in [0.4, 0.5) is 0 Å². The Bertz CT molecular complexity index is 868. The highest BCUT2D eigenvalue weighted by Gasteiger charge is 2.18. The van der Waals surface area contributed by atoms with E-state index in [1.54, 1.807) is 23.5 Å². The van der Waals surface area contributed by atoms with Crippen molar-refractivity contribution in [3.63, 3.8) is 0 Å². The van der Waals surface area contributed by atoms with Crippen molar-refractivity contribution in [1.82, 2.24) is 0 Å². The van der Waals surface area contributed by atoms with Gasteiger partial charge in [0.15, 0.2) is 0 Å². The lowest BCUT2D eigenvalue weighted by Gasteiger charge is -2.22. The van der Waals surface area contributed by atoms with Crippen molar-refractivity contribution in [3.05, 3.63) is 58.7 Å². The quantitative estimate of drug-likeness (QED) is 0.203. The van der Waals surface area contributed by atoms with Gasteiger partial charge in [-0.15, -0.1) is 0 Å². The lowest BCUT2D eigenvalue weighted by Crippen LogP contribution is -2.18. The van der Waals surface area contributed by atoms with Crippen molar-refractivity contribution in [2.24, 2.45) is 5.92 Å². The van der Waals surface area contributed by atoms with E-state index in [1.807, 2.05) is 50.2 Å². The third-order valence-corrected chi connectivity index (χ3v) is 9.09. The van der Waals surface area contributed by atoms with Crippen LogP contribution in [-0.4, -0.2) is 55.1 Å². The zero-order valence-electron chi connectivity index (χ0n) is 23.0. The van der Waals surface area contributed by atoms with Crippen LogP contribution in [0, 0.1) is 5.92 Å². The molecule has 0 aliphatic carbocycles. The summed E-state index contributed by atoms with van der Waals surface area (Å²) in [4.78, 5) is 0. The Morgan fingerprint density at radius 2 is 1.22 bits per heavy atom. The summed E-state index contributed by atoms with van der Waals surface area (Å²) in [6.07, 6.45) is 4.03. The summed E-state index contributed by atoms with van der Waals surface area (Å²) in [5.41, 5.74) is 4.11. The number of hydrogen-bond donors (Lipinski definition) is 4. The first-order valence-electron chi connectivity index (χ1n) is 13.2. The molecule has 3 unspecified atom stereocenters. The lowest BCUT2D eigenvalue weighted by molar-refractivity contribution is 0.220. The first-order valence-corrected chi connectivity index (χ1v) is 15.5. The molecule has 6 heteroatoms. The van der Waals surface area contributed by atoms with Gasteiger partial charge in [-0.05, 0) is 79.9 Å². The summed E-state index contributed by atoms with van der Waals surface area (Å²) in [5.74, 6) is 4.01. The summed E-state index contributed by atoms with van der Waals surface area (Å²) in [5, 5.41) is 39.2. The predicted octanol–water partition coefficient (Wildman–Crippen LogP) is 6.64. The highest BCUT2D eigenvalue weighted by Crippen LogP contribution is 2.30. The van der Waals surface area contributed by atoms with E-state index in [4.69, 9.17) is 5.11 Å². The van der Waals surface area contributed by atoms with Crippen LogP contribution in [0.25, 0.3) is 0 Å². The van der Waals surface area contributed by atoms with Crippen LogP contribution >= 0.6 is 23.5 Å². The molecule has 0 aromatic heterocycles. The second kappa shape index (κ2) is 18.0. The summed E-state index contributed by atoms with van der Waals surface area (Å²) in [6.45, 7) is 12.1. The molecule has 4 nitrogen and oxygen atoms in total. The van der Waals surface area contributed by atoms with Crippen LogP contribution in [0.5, 0.6) is 11.5 Å². The maximum absolute atomic E-state index is 10.2. The summed E-state index contributed by atoms with van der Waals surface area (Å²) >= 11 is 3.56. The van der Waals surface area contributed by atoms with Gasteiger partial charge in [0.05, 0.1) is 12.2 Å². The number of aryl methyl sites for hydroxylation is 3. The molecule has 2 rings (SSSR count). The summed E-state index contributed by atoms with van der Waals surface area (Å²) < 4.78 is 0. The number of rotatable bonds is 14. The Morgan fingerprint density at radius 1 is 0.722 bits per heavy atom. The van der Waals surface area contributed by atoms with Crippen molar-refractivity contribution in [1.29, 1.82) is 0 Å². The van der Waals surface area contributed by atoms with E-state index >= 15 is 0 Å². The van der Waals surface area contributed by atoms with Gasteiger partial charge in [-0.3, -0.25) is 0 Å². The Balaban J connectivity index is 0.000000362. The number of phenols is 2. The Hall–Kier alpha value is -1.34. The molecule has 2 aromatic rings. The van der Waals surface area contributed by atoms with Crippen LogP contribution in [0.2, 0.25) is 0 Å². The molecule has 4 N–H and O–H groups in total. The molecule has 3 atom stereocenters. The van der Waals surface area contributed by atoms with Gasteiger partial charge < -0.3 is 20.4 Å². The van der Waals surface area contributed by atoms with Crippen molar-refractivity contribution in [2.45, 2.75) is 91.1 Å². The van der Waals surface area contributed by atoms with E-state index < -0.39 is 0 Å². The molecule has 0 radical (unpaired) electrons. The fourth-order valence-electron chi connectivity index (χ4n) is 3.81. The molecular weight excluding hydrogens is 488 g/mol. The largest absolute Gasteiger partial charge is 0.507 e. The molecule has 0 spiro atoms. The molecule has 36 heavy (non-hydrogen) atoms. The minimum absolute atomic E-state index is 0.225. The zero-order chi connectivity index (χ0) is 27.1. The van der Waals surface area contributed by atoms with Gasteiger partial charge in [0, 0.05) is 16.8 Å². The Morgan fingerprint density at radius 3 is 1.72 bits per heavy atom. The molecule has 0 bridgehead atoms. The molecule has 0 amide bonds. The molecule has 0 heterocycles. The van der Waals surface area contributed by atoms with Crippen LogP contribution in [0.3, 0.4) is 0 Å². The van der Waals surface area contributed by atoms with E-state index in [1.165, 1.54) is 0 Å². The molecule has 0 aliphatic heterocycles. The number of benzene rings is 2. The van der Waals surface area contributed by atoms with E-state index in [0.29, 0.717) is 22.7 Å². The van der Waals surface area contributed by atoms with E-state index in [0.717, 1.165) is 71.6 Å². The number of para-hydroxylation sites is 2. The number of aromatic hydroxyl groups is 2. The van der Waals surface area contributed by atoms with Crippen LogP contribution in [0.15, 0.2) is 36.4 Å². The summed E-state index contributed by atoms with van der Waals surface area (Å²) in [6, 6.07) is 12.0. The van der Waals surface area contributed by atoms with Gasteiger partial charge in [-0.2, -0.15) is 23.5 Å². The smallest absolute Gasteiger partial charge is 0.121 e. The lowest BCUT2D eigenvalue weighted by atomic mass is 9.98. The van der Waals surface area contributed by atoms with E-state index in [2.05, 4.69) is 27.7 Å². The van der Waals surface area contributed by atoms with Gasteiger partial charge >= 0.3 is 0 Å². The molecule has 0 aliphatic rings. The number of hydrogen-bond acceptors (Lipinski definition) is 6. The second-order valence-corrected chi connectivity index (χ2v) is 12.2. The van der Waals surface area contributed by atoms with Crippen LogP contribution in [-0.2, 0) is 25.7 Å². The van der Waals surface area contributed by atoms with Gasteiger partial charge in [0.2, 0.25) is 0 Å². The summed E-state index contributed by atoms with van der Waals surface area (Å²) in [7, 11) is 0. The van der Waals surface area contributed by atoms with Gasteiger partial charge in [-0.1, -0.05) is 64.1 Å². The third-order valence-electron chi connectivity index (χ3n) is 5.98. The highest BCUT2D eigenvalue weighted by atomic mass is 32.2. The highest BCUT2D eigenvalue weighted by molar-refractivity contribution is 8.00. The van der Waals surface area contributed by atoms with Crippen LogP contribution < -0.4 is 0 Å². The average Bonchev–Trinajstić information content (AvgIpc) is 2.83. The topological polar surface area (TPSA) is 80.9 Å². The minimum atomic E-state index is -0.276. The molecule has 0 saturated carbocycles. The first kappa shape index (κ1) is 32.7. The predicted molar refractivity (Wildman–Crippen MR) is 159 cm³/mol.